The summed E-state index contributed by atoms with van der Waals surface area (Å²) in [4.78, 5) is 12.1. The number of hydrogen-bond donors (Lipinski definition) is 2. The second kappa shape index (κ2) is 8.69. The van der Waals surface area contributed by atoms with Crippen molar-refractivity contribution in [2.24, 2.45) is 5.73 Å². The Morgan fingerprint density at radius 2 is 2.00 bits per heavy atom. The van der Waals surface area contributed by atoms with Crippen molar-refractivity contribution in [3.05, 3.63) is 58.1 Å². The molecule has 1 amide bonds. The number of nitrogens with two attached hydrogens (primary N) is 1. The van der Waals surface area contributed by atoms with Crippen LogP contribution in [-0.4, -0.2) is 17.6 Å². The normalized spacial score (nSPS) is 10.2. The van der Waals surface area contributed by atoms with Crippen LogP contribution in [0.4, 0.5) is 0 Å². The van der Waals surface area contributed by atoms with E-state index >= 15 is 0 Å². The molecule has 0 radical (unpaired) electrons. The van der Waals surface area contributed by atoms with Crippen molar-refractivity contribution in [2.75, 3.05) is 6.61 Å². The Labute approximate surface area is 157 Å². The number of rotatable bonds is 6. The third-order valence-electron chi connectivity index (χ3n) is 3.44. The van der Waals surface area contributed by atoms with Gasteiger partial charge in [0.05, 0.1) is 11.6 Å². The quantitative estimate of drug-likeness (QED) is 0.751. The first kappa shape index (κ1) is 19.0. The smallest absolute Gasteiger partial charge is 0.257 e. The van der Waals surface area contributed by atoms with Crippen LogP contribution in [0, 0.1) is 6.92 Å². The number of hydrogen-bond acceptors (Lipinski definition) is 4. The molecule has 0 aromatic heterocycles. The molecule has 0 saturated heterocycles. The van der Waals surface area contributed by atoms with Gasteiger partial charge in [0.15, 0.2) is 16.6 Å². The minimum atomic E-state index is -0.458. The van der Waals surface area contributed by atoms with Crippen LogP contribution in [0.1, 0.15) is 28.4 Å². The van der Waals surface area contributed by atoms with Crippen molar-refractivity contribution >= 4 is 34.8 Å². The van der Waals surface area contributed by atoms with Crippen molar-refractivity contribution < 1.29 is 14.3 Å². The number of benzene rings is 2. The summed E-state index contributed by atoms with van der Waals surface area (Å²) < 4.78 is 11.4. The van der Waals surface area contributed by atoms with E-state index in [0.717, 1.165) is 11.1 Å². The first-order valence-corrected chi connectivity index (χ1v) is 8.45. The molecule has 0 aliphatic heterocycles. The van der Waals surface area contributed by atoms with Crippen LogP contribution in [0.5, 0.6) is 11.5 Å². The summed E-state index contributed by atoms with van der Waals surface area (Å²) in [6.07, 6.45) is 0. The van der Waals surface area contributed by atoms with Crippen molar-refractivity contribution in [1.29, 1.82) is 0 Å². The Morgan fingerprint density at radius 1 is 1.28 bits per heavy atom. The molecule has 0 bridgehead atoms. The average molecular weight is 379 g/mol. The second-order valence-corrected chi connectivity index (χ2v) is 6.10. The van der Waals surface area contributed by atoms with E-state index in [-0.39, 0.29) is 15.7 Å². The van der Waals surface area contributed by atoms with E-state index in [1.807, 2.05) is 38.1 Å². The molecule has 0 aliphatic rings. The minimum Gasteiger partial charge on any atom is -0.490 e. The maximum Gasteiger partial charge on any atom is 0.257 e. The summed E-state index contributed by atoms with van der Waals surface area (Å²) in [5, 5.41) is 2.51. The summed E-state index contributed by atoms with van der Waals surface area (Å²) in [5.41, 5.74) is 7.77. The van der Waals surface area contributed by atoms with E-state index in [1.165, 1.54) is 6.07 Å². The highest BCUT2D eigenvalue weighted by Gasteiger charge is 2.17. The zero-order valence-corrected chi connectivity index (χ0v) is 15.5. The molecule has 0 aliphatic carbocycles. The number of thiocarbonyl (C=S) groups is 1. The van der Waals surface area contributed by atoms with E-state index in [2.05, 4.69) is 17.5 Å². The van der Waals surface area contributed by atoms with Gasteiger partial charge in [-0.2, -0.15) is 0 Å². The van der Waals surface area contributed by atoms with Gasteiger partial charge in [0.2, 0.25) is 0 Å². The number of ether oxygens (including phenoxy) is 2. The fraction of sp³-hybridized carbons (Fsp3) is 0.222. The lowest BCUT2D eigenvalue weighted by molar-refractivity contribution is 0.0977. The minimum absolute atomic E-state index is 0.112. The van der Waals surface area contributed by atoms with Gasteiger partial charge in [-0.25, -0.2) is 0 Å². The van der Waals surface area contributed by atoms with Gasteiger partial charge in [0, 0.05) is 5.56 Å². The molecule has 25 heavy (non-hydrogen) atoms. The Bertz CT molecular complexity index is 796. The van der Waals surface area contributed by atoms with E-state index in [1.54, 1.807) is 6.07 Å². The zero-order chi connectivity index (χ0) is 18.4. The van der Waals surface area contributed by atoms with Crippen LogP contribution in [0.2, 0.25) is 5.02 Å². The molecule has 0 atom stereocenters. The Morgan fingerprint density at radius 3 is 2.64 bits per heavy atom. The molecule has 3 N–H and O–H groups in total. The molecule has 2 aromatic carbocycles. The van der Waals surface area contributed by atoms with Gasteiger partial charge in [-0.15, -0.1) is 0 Å². The van der Waals surface area contributed by atoms with Gasteiger partial charge in [-0.1, -0.05) is 35.9 Å². The van der Waals surface area contributed by atoms with E-state index < -0.39 is 5.91 Å². The standard InChI is InChI=1S/C18H19ClN2O3S/c1-3-23-15-9-13(17(22)21-18(20)25)8-14(19)16(15)24-10-12-7-5-4-6-11(12)2/h4-9H,3,10H2,1-2H3,(H3,20,21,22,25). The van der Waals surface area contributed by atoms with E-state index in [4.69, 9.17) is 26.8 Å². The third-order valence-corrected chi connectivity index (χ3v) is 3.82. The van der Waals surface area contributed by atoms with Gasteiger partial charge in [0.1, 0.15) is 6.61 Å². The summed E-state index contributed by atoms with van der Waals surface area (Å²) in [7, 11) is 0. The fourth-order valence-corrected chi connectivity index (χ4v) is 2.57. The molecule has 0 unspecified atom stereocenters. The molecular formula is C18H19ClN2O3S. The van der Waals surface area contributed by atoms with Crippen molar-refractivity contribution in [1.82, 2.24) is 5.32 Å². The monoisotopic (exact) mass is 378 g/mol. The number of carbonyl (C=O) groups excluding carboxylic acids is 1. The highest BCUT2D eigenvalue weighted by atomic mass is 35.5. The average Bonchev–Trinajstić information content (AvgIpc) is 2.55. The number of nitrogens with one attached hydrogen (secondary N) is 1. The Kier molecular flexibility index (Phi) is 6.61. The van der Waals surface area contributed by atoms with Crippen LogP contribution in [0.3, 0.4) is 0 Å². The largest absolute Gasteiger partial charge is 0.490 e. The molecule has 0 saturated carbocycles. The molecular weight excluding hydrogens is 360 g/mol. The van der Waals surface area contributed by atoms with Gasteiger partial charge in [-0.05, 0) is 49.3 Å². The summed E-state index contributed by atoms with van der Waals surface area (Å²) in [6.45, 7) is 4.58. The lowest BCUT2D eigenvalue weighted by Gasteiger charge is -2.16. The van der Waals surface area contributed by atoms with Crippen LogP contribution in [0.15, 0.2) is 36.4 Å². The lowest BCUT2D eigenvalue weighted by Crippen LogP contribution is -2.34. The van der Waals surface area contributed by atoms with Gasteiger partial charge in [0.25, 0.3) is 5.91 Å². The Balaban J connectivity index is 2.29. The highest BCUT2D eigenvalue weighted by Crippen LogP contribution is 2.37. The second-order valence-electron chi connectivity index (χ2n) is 5.25. The number of carbonyl (C=O) groups is 1. The first-order valence-electron chi connectivity index (χ1n) is 7.66. The summed E-state index contributed by atoms with van der Waals surface area (Å²) in [5.74, 6) is 0.316. The maximum atomic E-state index is 12.1. The predicted molar refractivity (Wildman–Crippen MR) is 102 cm³/mol. The van der Waals surface area contributed by atoms with Crippen LogP contribution in [0.25, 0.3) is 0 Å². The zero-order valence-electron chi connectivity index (χ0n) is 14.0. The van der Waals surface area contributed by atoms with Crippen molar-refractivity contribution in [3.8, 4) is 11.5 Å². The molecule has 5 nitrogen and oxygen atoms in total. The molecule has 2 aromatic rings. The van der Waals surface area contributed by atoms with E-state index in [0.29, 0.717) is 24.7 Å². The Hall–Kier alpha value is -2.31. The highest BCUT2D eigenvalue weighted by molar-refractivity contribution is 7.80. The van der Waals surface area contributed by atoms with Crippen LogP contribution >= 0.6 is 23.8 Å². The summed E-state index contributed by atoms with van der Waals surface area (Å²) >= 11 is 11.0. The van der Waals surface area contributed by atoms with Gasteiger partial charge >= 0.3 is 0 Å². The number of aryl methyl sites for hydroxylation is 1. The molecule has 0 heterocycles. The SMILES string of the molecule is CCOc1cc(C(=O)NC(N)=S)cc(Cl)c1OCc1ccccc1C. The predicted octanol–water partition coefficient (Wildman–Crippen LogP) is 3.60. The lowest BCUT2D eigenvalue weighted by atomic mass is 10.1. The third kappa shape index (κ3) is 5.08. The summed E-state index contributed by atoms with van der Waals surface area (Å²) in [6, 6.07) is 10.9. The number of amides is 1. The molecule has 0 spiro atoms. The number of halogens is 1. The first-order chi connectivity index (χ1) is 11.9. The molecule has 2 rings (SSSR count). The van der Waals surface area contributed by atoms with E-state index in [9.17, 15) is 4.79 Å². The van der Waals surface area contributed by atoms with Crippen molar-refractivity contribution in [2.45, 2.75) is 20.5 Å². The molecule has 132 valence electrons. The fourth-order valence-electron chi connectivity index (χ4n) is 2.21. The van der Waals surface area contributed by atoms with Crippen LogP contribution < -0.4 is 20.5 Å². The van der Waals surface area contributed by atoms with Crippen molar-refractivity contribution in [3.63, 3.8) is 0 Å². The van der Waals surface area contributed by atoms with Gasteiger partial charge in [-0.3, -0.25) is 10.1 Å². The topological polar surface area (TPSA) is 73.6 Å². The van der Waals surface area contributed by atoms with Crippen LogP contribution in [-0.2, 0) is 6.61 Å². The van der Waals surface area contributed by atoms with Gasteiger partial charge < -0.3 is 15.2 Å². The maximum absolute atomic E-state index is 12.1. The molecule has 7 heteroatoms. The molecule has 0 fully saturated rings.